The molecular weight excluding hydrogens is 356 g/mol. The van der Waals surface area contributed by atoms with Crippen LogP contribution in [0.15, 0.2) is 47.2 Å². The SMILES string of the molecule is CCc1onc(C)c1-c1cccc(C2CN(C(=O)c3cccnc3)CCO2)n1. The monoisotopic (exact) mass is 378 g/mol. The van der Waals surface area contributed by atoms with Gasteiger partial charge in [0.25, 0.3) is 5.91 Å². The van der Waals surface area contributed by atoms with Gasteiger partial charge in [0.15, 0.2) is 0 Å². The average Bonchev–Trinajstić information content (AvgIpc) is 3.14. The van der Waals surface area contributed by atoms with Crippen LogP contribution in [0.2, 0.25) is 0 Å². The van der Waals surface area contributed by atoms with E-state index < -0.39 is 0 Å². The second-order valence-electron chi connectivity index (χ2n) is 6.72. The molecule has 0 N–H and O–H groups in total. The summed E-state index contributed by atoms with van der Waals surface area (Å²) in [5, 5.41) is 4.07. The molecule has 1 fully saturated rings. The normalized spacial score (nSPS) is 16.9. The summed E-state index contributed by atoms with van der Waals surface area (Å²) in [4.78, 5) is 23.4. The molecule has 1 aliphatic rings. The summed E-state index contributed by atoms with van der Waals surface area (Å²) in [7, 11) is 0. The van der Waals surface area contributed by atoms with Gasteiger partial charge in [-0.05, 0) is 31.2 Å². The Kier molecular flexibility index (Phi) is 5.16. The molecule has 0 radical (unpaired) electrons. The van der Waals surface area contributed by atoms with Crippen molar-refractivity contribution < 1.29 is 14.1 Å². The van der Waals surface area contributed by atoms with Gasteiger partial charge in [-0.15, -0.1) is 0 Å². The van der Waals surface area contributed by atoms with Crippen LogP contribution < -0.4 is 0 Å². The second kappa shape index (κ2) is 7.90. The maximum atomic E-state index is 12.7. The molecule has 144 valence electrons. The van der Waals surface area contributed by atoms with Crippen molar-refractivity contribution >= 4 is 5.91 Å². The van der Waals surface area contributed by atoms with Crippen LogP contribution >= 0.6 is 0 Å². The molecule has 7 nitrogen and oxygen atoms in total. The number of amides is 1. The number of carbonyl (C=O) groups is 1. The first-order valence-electron chi connectivity index (χ1n) is 9.40. The summed E-state index contributed by atoms with van der Waals surface area (Å²) in [6.07, 6.45) is 3.72. The smallest absolute Gasteiger partial charge is 0.255 e. The van der Waals surface area contributed by atoms with Gasteiger partial charge in [-0.1, -0.05) is 18.1 Å². The van der Waals surface area contributed by atoms with Crippen LogP contribution in [0.3, 0.4) is 0 Å². The van der Waals surface area contributed by atoms with Crippen LogP contribution in [-0.2, 0) is 11.2 Å². The highest BCUT2D eigenvalue weighted by molar-refractivity contribution is 5.93. The van der Waals surface area contributed by atoms with Crippen LogP contribution in [0, 0.1) is 6.92 Å². The molecule has 1 aliphatic heterocycles. The summed E-state index contributed by atoms with van der Waals surface area (Å²) >= 11 is 0. The number of hydrogen-bond donors (Lipinski definition) is 0. The molecule has 0 spiro atoms. The van der Waals surface area contributed by atoms with Gasteiger partial charge >= 0.3 is 0 Å². The van der Waals surface area contributed by atoms with Crippen LogP contribution in [0.4, 0.5) is 0 Å². The lowest BCUT2D eigenvalue weighted by Crippen LogP contribution is -2.42. The van der Waals surface area contributed by atoms with Gasteiger partial charge in [-0.3, -0.25) is 9.78 Å². The molecule has 0 aliphatic carbocycles. The van der Waals surface area contributed by atoms with Gasteiger partial charge in [-0.2, -0.15) is 0 Å². The third-order valence-corrected chi connectivity index (χ3v) is 4.87. The van der Waals surface area contributed by atoms with Crippen molar-refractivity contribution in [3.05, 3.63) is 65.4 Å². The number of ether oxygens (including phenoxy) is 1. The van der Waals surface area contributed by atoms with Crippen molar-refractivity contribution in [2.24, 2.45) is 0 Å². The summed E-state index contributed by atoms with van der Waals surface area (Å²) in [6, 6.07) is 9.38. The van der Waals surface area contributed by atoms with Crippen molar-refractivity contribution in [3.63, 3.8) is 0 Å². The van der Waals surface area contributed by atoms with Crippen molar-refractivity contribution in [2.75, 3.05) is 19.7 Å². The third-order valence-electron chi connectivity index (χ3n) is 4.87. The molecule has 4 rings (SSSR count). The van der Waals surface area contributed by atoms with Crippen LogP contribution in [-0.4, -0.2) is 45.6 Å². The number of rotatable bonds is 4. The minimum absolute atomic E-state index is 0.0410. The topological polar surface area (TPSA) is 81.4 Å². The molecule has 1 saturated heterocycles. The standard InChI is InChI=1S/C21H22N4O3/c1-3-18-20(14(2)24-28-18)17-8-4-7-16(23-17)19-13-25(10-11-27-19)21(26)15-6-5-9-22-12-15/h4-9,12,19H,3,10-11,13H2,1-2H3. The molecule has 7 heteroatoms. The Hall–Kier alpha value is -3.06. The minimum atomic E-state index is -0.278. The zero-order chi connectivity index (χ0) is 19.5. The van der Waals surface area contributed by atoms with E-state index in [9.17, 15) is 4.79 Å². The fourth-order valence-electron chi connectivity index (χ4n) is 3.44. The summed E-state index contributed by atoms with van der Waals surface area (Å²) in [5.74, 6) is 0.779. The lowest BCUT2D eigenvalue weighted by molar-refractivity contribution is -0.0246. The summed E-state index contributed by atoms with van der Waals surface area (Å²) in [6.45, 7) is 5.41. The average molecular weight is 378 g/mol. The number of aromatic nitrogens is 3. The molecule has 3 aromatic heterocycles. The van der Waals surface area contributed by atoms with E-state index in [0.717, 1.165) is 34.8 Å². The fraction of sp³-hybridized carbons (Fsp3) is 0.333. The van der Waals surface area contributed by atoms with E-state index in [0.29, 0.717) is 25.3 Å². The number of carbonyl (C=O) groups excluding carboxylic acids is 1. The number of hydrogen-bond acceptors (Lipinski definition) is 6. The van der Waals surface area contributed by atoms with Gasteiger partial charge in [0.2, 0.25) is 0 Å². The Morgan fingerprint density at radius 3 is 2.96 bits per heavy atom. The van der Waals surface area contributed by atoms with Crippen molar-refractivity contribution in [2.45, 2.75) is 26.4 Å². The molecule has 1 amide bonds. The molecule has 1 unspecified atom stereocenters. The van der Waals surface area contributed by atoms with Gasteiger partial charge in [0.05, 0.1) is 41.4 Å². The first kappa shape index (κ1) is 18.3. The minimum Gasteiger partial charge on any atom is -0.368 e. The molecular formula is C21H22N4O3. The number of pyridine rings is 2. The fourth-order valence-corrected chi connectivity index (χ4v) is 3.44. The highest BCUT2D eigenvalue weighted by Crippen LogP contribution is 2.29. The zero-order valence-electron chi connectivity index (χ0n) is 16.0. The maximum Gasteiger partial charge on any atom is 0.255 e. The van der Waals surface area contributed by atoms with Crippen molar-refractivity contribution in [3.8, 4) is 11.3 Å². The van der Waals surface area contributed by atoms with Crippen molar-refractivity contribution in [1.82, 2.24) is 20.0 Å². The van der Waals surface area contributed by atoms with E-state index in [1.54, 1.807) is 29.4 Å². The Balaban J connectivity index is 1.58. The third kappa shape index (κ3) is 3.53. The Morgan fingerprint density at radius 2 is 2.18 bits per heavy atom. The molecule has 0 aromatic carbocycles. The molecule has 4 heterocycles. The summed E-state index contributed by atoms with van der Waals surface area (Å²) < 4.78 is 11.3. The predicted octanol–water partition coefficient (Wildman–Crippen LogP) is 3.22. The van der Waals surface area contributed by atoms with Gasteiger partial charge in [0.1, 0.15) is 11.9 Å². The molecule has 3 aromatic rings. The van der Waals surface area contributed by atoms with E-state index in [4.69, 9.17) is 14.2 Å². The van der Waals surface area contributed by atoms with Crippen LogP contribution in [0.1, 0.15) is 40.5 Å². The first-order chi connectivity index (χ1) is 13.7. The molecule has 0 saturated carbocycles. The predicted molar refractivity (Wildman–Crippen MR) is 103 cm³/mol. The van der Waals surface area contributed by atoms with E-state index >= 15 is 0 Å². The molecule has 28 heavy (non-hydrogen) atoms. The Morgan fingerprint density at radius 1 is 1.29 bits per heavy atom. The van der Waals surface area contributed by atoms with Gasteiger partial charge in [0, 0.05) is 25.4 Å². The highest BCUT2D eigenvalue weighted by Gasteiger charge is 2.27. The number of aryl methyl sites for hydroxylation is 2. The lowest BCUT2D eigenvalue weighted by atomic mass is 10.1. The molecule has 0 bridgehead atoms. The van der Waals surface area contributed by atoms with Gasteiger partial charge in [-0.25, -0.2) is 4.98 Å². The van der Waals surface area contributed by atoms with Crippen LogP contribution in [0.25, 0.3) is 11.3 Å². The number of morpholine rings is 1. The lowest BCUT2D eigenvalue weighted by Gasteiger charge is -2.32. The Bertz CT molecular complexity index is 971. The highest BCUT2D eigenvalue weighted by atomic mass is 16.5. The van der Waals surface area contributed by atoms with E-state index in [-0.39, 0.29) is 12.0 Å². The number of nitrogens with zero attached hydrogens (tertiary/aromatic N) is 4. The van der Waals surface area contributed by atoms with Crippen LogP contribution in [0.5, 0.6) is 0 Å². The summed E-state index contributed by atoms with van der Waals surface area (Å²) in [5.41, 5.74) is 3.94. The van der Waals surface area contributed by atoms with Crippen molar-refractivity contribution in [1.29, 1.82) is 0 Å². The van der Waals surface area contributed by atoms with E-state index in [2.05, 4.69) is 10.1 Å². The quantitative estimate of drug-likeness (QED) is 0.693. The second-order valence-corrected chi connectivity index (χ2v) is 6.72. The van der Waals surface area contributed by atoms with E-state index in [1.165, 1.54) is 0 Å². The maximum absolute atomic E-state index is 12.7. The largest absolute Gasteiger partial charge is 0.368 e. The van der Waals surface area contributed by atoms with E-state index in [1.807, 2.05) is 32.0 Å². The molecule has 1 atom stereocenters. The van der Waals surface area contributed by atoms with Gasteiger partial charge < -0.3 is 14.2 Å². The Labute approximate surface area is 163 Å². The first-order valence-corrected chi connectivity index (χ1v) is 9.40. The zero-order valence-corrected chi connectivity index (χ0v) is 16.0.